The number of ether oxygens (including phenoxy) is 1. The number of nitrogens with zero attached hydrogens (tertiary/aromatic N) is 2. The van der Waals surface area contributed by atoms with E-state index in [9.17, 15) is 9.59 Å². The third kappa shape index (κ3) is 5.05. The topological polar surface area (TPSA) is 99.2 Å². The van der Waals surface area contributed by atoms with Crippen molar-refractivity contribution in [3.8, 4) is 5.69 Å². The van der Waals surface area contributed by atoms with E-state index in [1.54, 1.807) is 31.2 Å². The van der Waals surface area contributed by atoms with E-state index in [1.165, 1.54) is 16.4 Å². The van der Waals surface area contributed by atoms with Gasteiger partial charge in [-0.05, 0) is 56.5 Å². The lowest BCUT2D eigenvalue weighted by Gasteiger charge is -2.14. The lowest BCUT2D eigenvalue weighted by atomic mass is 10.1. The summed E-state index contributed by atoms with van der Waals surface area (Å²) in [6, 6.07) is 17.1. The molecule has 0 unspecified atom stereocenters. The Morgan fingerprint density at radius 3 is 2.50 bits per heavy atom. The van der Waals surface area contributed by atoms with Crippen molar-refractivity contribution in [1.29, 1.82) is 0 Å². The molecule has 1 amide bonds. The SMILES string of the molecule is CCOC(=O)c1cnn(-c2ccc(C(=O)N[C@@H](C)CCc3ccccc3)cc2)c1N. The van der Waals surface area contributed by atoms with Gasteiger partial charge < -0.3 is 15.8 Å². The minimum absolute atomic E-state index is 0.0475. The summed E-state index contributed by atoms with van der Waals surface area (Å²) in [5.41, 5.74) is 8.69. The van der Waals surface area contributed by atoms with E-state index in [-0.39, 0.29) is 29.9 Å². The molecule has 7 heteroatoms. The molecule has 0 bridgehead atoms. The Hall–Kier alpha value is -3.61. The molecule has 3 rings (SSSR count). The fourth-order valence-corrected chi connectivity index (χ4v) is 3.09. The fourth-order valence-electron chi connectivity index (χ4n) is 3.09. The number of esters is 1. The van der Waals surface area contributed by atoms with Gasteiger partial charge in [0, 0.05) is 11.6 Å². The van der Waals surface area contributed by atoms with Crippen LogP contribution in [0.2, 0.25) is 0 Å². The number of benzene rings is 2. The number of carbonyl (C=O) groups is 2. The van der Waals surface area contributed by atoms with Crippen LogP contribution in [0, 0.1) is 0 Å². The molecule has 1 heterocycles. The second-order valence-electron chi connectivity index (χ2n) is 7.02. The number of carbonyl (C=O) groups excluding carboxylic acids is 2. The van der Waals surface area contributed by atoms with Crippen LogP contribution in [-0.4, -0.2) is 34.3 Å². The zero-order valence-corrected chi connectivity index (χ0v) is 17.2. The van der Waals surface area contributed by atoms with E-state index < -0.39 is 5.97 Å². The van der Waals surface area contributed by atoms with Crippen molar-refractivity contribution in [2.75, 3.05) is 12.3 Å². The van der Waals surface area contributed by atoms with Gasteiger partial charge in [-0.1, -0.05) is 30.3 Å². The van der Waals surface area contributed by atoms with Crippen LogP contribution < -0.4 is 11.1 Å². The largest absolute Gasteiger partial charge is 0.462 e. The summed E-state index contributed by atoms with van der Waals surface area (Å²) in [5.74, 6) is -0.454. The van der Waals surface area contributed by atoms with E-state index >= 15 is 0 Å². The van der Waals surface area contributed by atoms with Crippen LogP contribution in [0.5, 0.6) is 0 Å². The van der Waals surface area contributed by atoms with Crippen LogP contribution in [0.4, 0.5) is 5.82 Å². The van der Waals surface area contributed by atoms with Crippen molar-refractivity contribution in [3.63, 3.8) is 0 Å². The maximum Gasteiger partial charge on any atom is 0.343 e. The molecule has 0 radical (unpaired) electrons. The Bertz CT molecular complexity index is 997. The minimum Gasteiger partial charge on any atom is -0.462 e. The second-order valence-corrected chi connectivity index (χ2v) is 7.02. The second kappa shape index (κ2) is 9.73. The number of hydrogen-bond acceptors (Lipinski definition) is 5. The predicted molar refractivity (Wildman–Crippen MR) is 116 cm³/mol. The zero-order chi connectivity index (χ0) is 21.5. The number of hydrogen-bond donors (Lipinski definition) is 2. The van der Waals surface area contributed by atoms with E-state index in [1.807, 2.05) is 25.1 Å². The maximum absolute atomic E-state index is 12.5. The number of anilines is 1. The lowest BCUT2D eigenvalue weighted by Crippen LogP contribution is -2.32. The Morgan fingerprint density at radius 1 is 1.13 bits per heavy atom. The molecule has 156 valence electrons. The third-order valence-electron chi connectivity index (χ3n) is 4.76. The van der Waals surface area contributed by atoms with Crippen molar-refractivity contribution >= 4 is 17.7 Å². The van der Waals surface area contributed by atoms with E-state index in [4.69, 9.17) is 10.5 Å². The average Bonchev–Trinajstić information content (AvgIpc) is 3.14. The molecule has 3 aromatic rings. The third-order valence-corrected chi connectivity index (χ3v) is 4.76. The molecule has 0 aliphatic carbocycles. The summed E-state index contributed by atoms with van der Waals surface area (Å²) < 4.78 is 6.41. The summed E-state index contributed by atoms with van der Waals surface area (Å²) in [6.07, 6.45) is 3.14. The van der Waals surface area contributed by atoms with Crippen molar-refractivity contribution in [2.24, 2.45) is 0 Å². The molecule has 1 atom stereocenters. The first-order valence-electron chi connectivity index (χ1n) is 9.95. The highest BCUT2D eigenvalue weighted by Crippen LogP contribution is 2.18. The lowest BCUT2D eigenvalue weighted by molar-refractivity contribution is 0.0527. The summed E-state index contributed by atoms with van der Waals surface area (Å²) in [7, 11) is 0. The number of aryl methyl sites for hydroxylation is 1. The summed E-state index contributed by atoms with van der Waals surface area (Å²) in [4.78, 5) is 24.4. The van der Waals surface area contributed by atoms with Crippen LogP contribution in [0.25, 0.3) is 5.69 Å². The molecule has 0 aliphatic heterocycles. The van der Waals surface area contributed by atoms with Crippen molar-refractivity contribution in [2.45, 2.75) is 32.7 Å². The van der Waals surface area contributed by atoms with Crippen LogP contribution in [-0.2, 0) is 11.2 Å². The van der Waals surface area contributed by atoms with Crippen molar-refractivity contribution in [3.05, 3.63) is 77.5 Å². The smallest absolute Gasteiger partial charge is 0.343 e. The normalized spacial score (nSPS) is 11.7. The van der Waals surface area contributed by atoms with Crippen LogP contribution in [0.1, 0.15) is 46.5 Å². The molecule has 0 spiro atoms. The number of nitrogens with two attached hydrogens (primary N) is 1. The van der Waals surface area contributed by atoms with Crippen molar-refractivity contribution < 1.29 is 14.3 Å². The molecule has 1 aromatic heterocycles. The molecule has 0 fully saturated rings. The van der Waals surface area contributed by atoms with Gasteiger partial charge in [0.15, 0.2) is 0 Å². The predicted octanol–water partition coefficient (Wildman–Crippen LogP) is 3.38. The summed E-state index contributed by atoms with van der Waals surface area (Å²) in [5, 5.41) is 7.18. The standard InChI is InChI=1S/C23H26N4O3/c1-3-30-23(29)20-15-25-27(21(20)24)19-13-11-18(12-14-19)22(28)26-16(2)9-10-17-7-5-4-6-8-17/h4-8,11-16H,3,9-10,24H2,1-2H3,(H,26,28)/t16-/m0/s1. The Balaban J connectivity index is 1.61. The molecule has 0 saturated carbocycles. The van der Waals surface area contributed by atoms with Crippen LogP contribution in [0.15, 0.2) is 60.8 Å². The van der Waals surface area contributed by atoms with Gasteiger partial charge in [-0.15, -0.1) is 0 Å². The monoisotopic (exact) mass is 406 g/mol. The average molecular weight is 406 g/mol. The van der Waals surface area contributed by atoms with E-state index in [2.05, 4.69) is 22.5 Å². The molecule has 30 heavy (non-hydrogen) atoms. The molecule has 3 N–H and O–H groups in total. The number of rotatable bonds is 8. The van der Waals surface area contributed by atoms with Gasteiger partial charge in [-0.2, -0.15) is 5.10 Å². The molecular weight excluding hydrogens is 380 g/mol. The zero-order valence-electron chi connectivity index (χ0n) is 17.2. The Morgan fingerprint density at radius 2 is 1.83 bits per heavy atom. The Labute approximate surface area is 175 Å². The minimum atomic E-state index is -0.512. The van der Waals surface area contributed by atoms with E-state index in [0.29, 0.717) is 11.3 Å². The quantitative estimate of drug-likeness (QED) is 0.559. The fraction of sp³-hybridized carbons (Fsp3) is 0.261. The number of nitrogens with one attached hydrogen (secondary N) is 1. The molecule has 0 saturated heterocycles. The highest BCUT2D eigenvalue weighted by atomic mass is 16.5. The molecule has 0 aliphatic rings. The van der Waals surface area contributed by atoms with Crippen LogP contribution >= 0.6 is 0 Å². The van der Waals surface area contributed by atoms with Gasteiger partial charge >= 0.3 is 5.97 Å². The van der Waals surface area contributed by atoms with Gasteiger partial charge in [0.25, 0.3) is 5.91 Å². The first-order chi connectivity index (χ1) is 14.5. The Kier molecular flexibility index (Phi) is 6.85. The molecular formula is C23H26N4O3. The molecule has 2 aromatic carbocycles. The van der Waals surface area contributed by atoms with Gasteiger partial charge in [0.2, 0.25) is 0 Å². The van der Waals surface area contributed by atoms with Gasteiger partial charge in [-0.25, -0.2) is 9.48 Å². The summed E-state index contributed by atoms with van der Waals surface area (Å²) >= 11 is 0. The summed E-state index contributed by atoms with van der Waals surface area (Å²) in [6.45, 7) is 3.98. The first-order valence-corrected chi connectivity index (χ1v) is 9.95. The number of aromatic nitrogens is 2. The maximum atomic E-state index is 12.5. The van der Waals surface area contributed by atoms with Crippen LogP contribution in [0.3, 0.4) is 0 Å². The van der Waals surface area contributed by atoms with Crippen molar-refractivity contribution in [1.82, 2.24) is 15.1 Å². The number of nitrogen functional groups attached to an aromatic ring is 1. The molecule has 7 nitrogen and oxygen atoms in total. The first kappa shape index (κ1) is 21.1. The number of amides is 1. The van der Waals surface area contributed by atoms with Gasteiger partial charge in [0.05, 0.1) is 18.5 Å². The van der Waals surface area contributed by atoms with E-state index in [0.717, 1.165) is 12.8 Å². The van der Waals surface area contributed by atoms with Gasteiger partial charge in [-0.3, -0.25) is 4.79 Å². The highest BCUT2D eigenvalue weighted by molar-refractivity contribution is 5.95. The van der Waals surface area contributed by atoms with Gasteiger partial charge in [0.1, 0.15) is 11.4 Å². The highest BCUT2D eigenvalue weighted by Gasteiger charge is 2.17.